The van der Waals surface area contributed by atoms with Gasteiger partial charge in [-0.05, 0) is 24.1 Å². The van der Waals surface area contributed by atoms with Crippen molar-refractivity contribution in [2.24, 2.45) is 11.7 Å². The van der Waals surface area contributed by atoms with Crippen LogP contribution in [-0.2, 0) is 16.0 Å². The second-order valence-corrected chi connectivity index (χ2v) is 5.18. The van der Waals surface area contributed by atoms with Gasteiger partial charge in [-0.15, -0.1) is 0 Å². The van der Waals surface area contributed by atoms with Crippen LogP contribution in [0.5, 0.6) is 0 Å². The summed E-state index contributed by atoms with van der Waals surface area (Å²) in [4.78, 5) is 24.6. The molecule has 0 aliphatic carbocycles. The summed E-state index contributed by atoms with van der Waals surface area (Å²) < 4.78 is 0. The summed E-state index contributed by atoms with van der Waals surface area (Å²) in [6.07, 6.45) is 2.79. The topological polar surface area (TPSA) is 92.1 Å². The Morgan fingerprint density at radius 1 is 1.50 bits per heavy atom. The van der Waals surface area contributed by atoms with Crippen LogP contribution in [0.15, 0.2) is 24.4 Å². The van der Waals surface area contributed by atoms with E-state index < -0.39 is 0 Å². The van der Waals surface area contributed by atoms with Crippen LogP contribution >= 0.6 is 0 Å². The van der Waals surface area contributed by atoms with Crippen LogP contribution < -0.4 is 5.73 Å². The molecule has 6 heteroatoms. The fraction of sp³-hybridized carbons (Fsp3) is 0.357. The van der Waals surface area contributed by atoms with E-state index in [4.69, 9.17) is 5.73 Å². The van der Waals surface area contributed by atoms with E-state index in [2.05, 4.69) is 16.3 Å². The molecule has 1 fully saturated rings. The van der Waals surface area contributed by atoms with Crippen LogP contribution in [0.3, 0.4) is 0 Å². The summed E-state index contributed by atoms with van der Waals surface area (Å²) in [5, 5.41) is 7.94. The average molecular weight is 272 g/mol. The fourth-order valence-electron chi connectivity index (χ4n) is 2.59. The second kappa shape index (κ2) is 4.96. The minimum atomic E-state index is -0.388. The number of rotatable bonds is 4. The number of H-pyrrole nitrogens is 1. The number of aromatic amines is 1. The van der Waals surface area contributed by atoms with Crippen LogP contribution in [-0.4, -0.2) is 40.0 Å². The van der Waals surface area contributed by atoms with E-state index in [0.29, 0.717) is 13.1 Å². The Hall–Kier alpha value is -2.37. The number of carbonyl (C=O) groups is 2. The summed E-state index contributed by atoms with van der Waals surface area (Å²) in [5.74, 6) is -0.710. The van der Waals surface area contributed by atoms with E-state index in [0.717, 1.165) is 22.9 Å². The molecule has 20 heavy (non-hydrogen) atoms. The predicted molar refractivity (Wildman–Crippen MR) is 73.7 cm³/mol. The van der Waals surface area contributed by atoms with E-state index in [1.807, 2.05) is 12.1 Å². The molecule has 2 aromatic rings. The zero-order valence-electron chi connectivity index (χ0n) is 11.0. The van der Waals surface area contributed by atoms with Gasteiger partial charge in [0.15, 0.2) is 0 Å². The van der Waals surface area contributed by atoms with E-state index in [9.17, 15) is 9.59 Å². The van der Waals surface area contributed by atoms with Crippen molar-refractivity contribution in [2.75, 3.05) is 13.1 Å². The number of likely N-dealkylation sites (tertiary alicyclic amines) is 1. The molecule has 2 amide bonds. The molecule has 1 aliphatic rings. The van der Waals surface area contributed by atoms with Crippen molar-refractivity contribution in [2.45, 2.75) is 12.8 Å². The molecule has 0 bridgehead atoms. The van der Waals surface area contributed by atoms with Gasteiger partial charge >= 0.3 is 0 Å². The molecule has 2 heterocycles. The van der Waals surface area contributed by atoms with E-state index in [1.54, 1.807) is 11.1 Å². The van der Waals surface area contributed by atoms with Crippen molar-refractivity contribution in [3.8, 4) is 0 Å². The first-order chi connectivity index (χ1) is 9.63. The first-order valence-corrected chi connectivity index (χ1v) is 6.62. The molecule has 6 nitrogen and oxygen atoms in total. The summed E-state index contributed by atoms with van der Waals surface area (Å²) in [5.41, 5.74) is 7.40. The van der Waals surface area contributed by atoms with Crippen LogP contribution in [0.1, 0.15) is 12.0 Å². The Labute approximate surface area is 115 Å². The molecule has 3 rings (SSSR count). The van der Waals surface area contributed by atoms with Gasteiger partial charge in [0.25, 0.3) is 0 Å². The van der Waals surface area contributed by atoms with Crippen LogP contribution in [0.2, 0.25) is 0 Å². The maximum absolute atomic E-state index is 11.8. The quantitative estimate of drug-likeness (QED) is 0.845. The molecule has 3 N–H and O–H groups in total. The number of benzene rings is 1. The fourth-order valence-corrected chi connectivity index (χ4v) is 2.59. The van der Waals surface area contributed by atoms with Gasteiger partial charge in [-0.25, -0.2) is 0 Å². The van der Waals surface area contributed by atoms with Gasteiger partial charge in [0, 0.05) is 24.9 Å². The first-order valence-electron chi connectivity index (χ1n) is 6.62. The highest BCUT2D eigenvalue weighted by Crippen LogP contribution is 2.19. The highest BCUT2D eigenvalue weighted by atomic mass is 16.2. The molecule has 1 atom stereocenters. The minimum absolute atomic E-state index is 0.0122. The number of nitrogens with zero attached hydrogens (tertiary/aromatic N) is 2. The lowest BCUT2D eigenvalue weighted by Gasteiger charge is -2.15. The van der Waals surface area contributed by atoms with Gasteiger partial charge in [0.1, 0.15) is 0 Å². The number of nitrogens with two attached hydrogens (primary N) is 1. The SMILES string of the molecule is NC(=O)C1CC(=O)N(CCc2ccc3[nH]ncc3c2)C1. The van der Waals surface area contributed by atoms with E-state index in [1.165, 1.54) is 0 Å². The zero-order valence-corrected chi connectivity index (χ0v) is 11.0. The lowest BCUT2D eigenvalue weighted by atomic mass is 10.1. The number of primary amides is 1. The van der Waals surface area contributed by atoms with E-state index >= 15 is 0 Å². The van der Waals surface area contributed by atoms with Crippen LogP contribution in [0.4, 0.5) is 0 Å². The lowest BCUT2D eigenvalue weighted by molar-refractivity contribution is -0.128. The Kier molecular flexibility index (Phi) is 3.14. The number of aromatic nitrogens is 2. The summed E-state index contributed by atoms with van der Waals surface area (Å²) in [6.45, 7) is 1.06. The van der Waals surface area contributed by atoms with Gasteiger partial charge in [0.2, 0.25) is 11.8 Å². The predicted octanol–water partition coefficient (Wildman–Crippen LogP) is 0.439. The Morgan fingerprint density at radius 3 is 3.10 bits per heavy atom. The maximum Gasteiger partial charge on any atom is 0.223 e. The van der Waals surface area contributed by atoms with Crippen LogP contribution in [0, 0.1) is 5.92 Å². The number of nitrogens with one attached hydrogen (secondary N) is 1. The molecular formula is C14H16N4O2. The normalized spacial score (nSPS) is 18.9. The lowest BCUT2D eigenvalue weighted by Crippen LogP contribution is -2.30. The van der Waals surface area contributed by atoms with Gasteiger partial charge in [0.05, 0.1) is 17.6 Å². The smallest absolute Gasteiger partial charge is 0.223 e. The third-order valence-corrected chi connectivity index (χ3v) is 3.79. The highest BCUT2D eigenvalue weighted by Gasteiger charge is 2.32. The molecule has 1 aromatic carbocycles. The van der Waals surface area contributed by atoms with Crippen molar-refractivity contribution >= 4 is 22.7 Å². The van der Waals surface area contributed by atoms with Crippen LogP contribution in [0.25, 0.3) is 10.9 Å². The molecule has 0 radical (unpaired) electrons. The summed E-state index contributed by atoms with van der Waals surface area (Å²) in [7, 11) is 0. The van der Waals surface area contributed by atoms with Crippen molar-refractivity contribution < 1.29 is 9.59 Å². The van der Waals surface area contributed by atoms with Gasteiger partial charge < -0.3 is 10.6 Å². The van der Waals surface area contributed by atoms with Crippen molar-refractivity contribution in [1.29, 1.82) is 0 Å². The molecular weight excluding hydrogens is 256 g/mol. The standard InChI is InChI=1S/C14H16N4O2/c15-14(20)11-6-13(19)18(8-11)4-3-9-1-2-12-10(5-9)7-16-17-12/h1-2,5,7,11H,3-4,6,8H2,(H2,15,20)(H,16,17). The minimum Gasteiger partial charge on any atom is -0.369 e. The zero-order chi connectivity index (χ0) is 14.1. The van der Waals surface area contributed by atoms with Gasteiger partial charge in [-0.3, -0.25) is 14.7 Å². The molecule has 1 aliphatic heterocycles. The van der Waals surface area contributed by atoms with Crippen molar-refractivity contribution in [3.63, 3.8) is 0 Å². The van der Waals surface area contributed by atoms with E-state index in [-0.39, 0.29) is 24.2 Å². The maximum atomic E-state index is 11.8. The number of carbonyl (C=O) groups excluding carboxylic acids is 2. The van der Waals surface area contributed by atoms with Crippen molar-refractivity contribution in [1.82, 2.24) is 15.1 Å². The molecule has 1 aromatic heterocycles. The largest absolute Gasteiger partial charge is 0.369 e. The molecule has 104 valence electrons. The Morgan fingerprint density at radius 2 is 2.35 bits per heavy atom. The Bertz CT molecular complexity index is 664. The highest BCUT2D eigenvalue weighted by molar-refractivity contribution is 5.88. The van der Waals surface area contributed by atoms with Gasteiger partial charge in [-0.1, -0.05) is 6.07 Å². The first kappa shape index (κ1) is 12.7. The number of amides is 2. The second-order valence-electron chi connectivity index (χ2n) is 5.18. The number of fused-ring (bicyclic) bond motifs is 1. The average Bonchev–Trinajstić information content (AvgIpc) is 3.02. The summed E-state index contributed by atoms with van der Waals surface area (Å²) >= 11 is 0. The monoisotopic (exact) mass is 272 g/mol. The Balaban J connectivity index is 1.64. The van der Waals surface area contributed by atoms with Gasteiger partial charge in [-0.2, -0.15) is 5.10 Å². The molecule has 1 saturated heterocycles. The van der Waals surface area contributed by atoms with Crippen molar-refractivity contribution in [3.05, 3.63) is 30.0 Å². The number of hydrogen-bond acceptors (Lipinski definition) is 3. The third kappa shape index (κ3) is 2.36. The molecule has 1 unspecified atom stereocenters. The number of hydrogen-bond donors (Lipinski definition) is 2. The molecule has 0 spiro atoms. The molecule has 0 saturated carbocycles. The third-order valence-electron chi connectivity index (χ3n) is 3.79. The summed E-state index contributed by atoms with van der Waals surface area (Å²) in [6, 6.07) is 6.06.